The highest BCUT2D eigenvalue weighted by molar-refractivity contribution is 7.89. The molecule has 0 aliphatic carbocycles. The first-order chi connectivity index (χ1) is 9.77. The highest BCUT2D eigenvalue weighted by Gasteiger charge is 2.22. The third-order valence-electron chi connectivity index (χ3n) is 2.99. The van der Waals surface area contributed by atoms with Crippen molar-refractivity contribution in [2.45, 2.75) is 31.6 Å². The van der Waals surface area contributed by atoms with Crippen LogP contribution < -0.4 is 0 Å². The Morgan fingerprint density at radius 3 is 2.29 bits per heavy atom. The molecule has 0 saturated carbocycles. The first-order valence-corrected chi connectivity index (χ1v) is 8.16. The third-order valence-corrected chi connectivity index (χ3v) is 4.92. The Balaban J connectivity index is 2.93. The predicted molar refractivity (Wildman–Crippen MR) is 81.6 cm³/mol. The standard InChI is InChI=1S/C15H21NO4S/c1-4-16(11-12(2)3)21(19,20)14-8-5-13(6-9-14)7-10-15(17)18/h5-6,8-9H,2,4,7,10-11H2,1,3H3,(H,17,18). The van der Waals surface area contributed by atoms with Crippen LogP contribution in [0.5, 0.6) is 0 Å². The van der Waals surface area contributed by atoms with Gasteiger partial charge in [-0.15, -0.1) is 0 Å². The highest BCUT2D eigenvalue weighted by Crippen LogP contribution is 2.18. The van der Waals surface area contributed by atoms with Crippen LogP contribution >= 0.6 is 0 Å². The number of carboxylic acid groups (broad SMARTS) is 1. The van der Waals surface area contributed by atoms with Gasteiger partial charge >= 0.3 is 5.97 Å². The van der Waals surface area contributed by atoms with E-state index < -0.39 is 16.0 Å². The van der Waals surface area contributed by atoms with E-state index in [1.165, 1.54) is 16.4 Å². The lowest BCUT2D eigenvalue weighted by Crippen LogP contribution is -2.32. The molecular weight excluding hydrogens is 290 g/mol. The molecule has 0 amide bonds. The van der Waals surface area contributed by atoms with E-state index in [9.17, 15) is 13.2 Å². The summed E-state index contributed by atoms with van der Waals surface area (Å²) in [6.07, 6.45) is 0.418. The van der Waals surface area contributed by atoms with Crippen LogP contribution in [0, 0.1) is 0 Å². The van der Waals surface area contributed by atoms with Crippen molar-refractivity contribution in [3.05, 3.63) is 42.0 Å². The topological polar surface area (TPSA) is 74.7 Å². The summed E-state index contributed by atoms with van der Waals surface area (Å²) in [5.41, 5.74) is 1.58. The quantitative estimate of drug-likeness (QED) is 0.747. The van der Waals surface area contributed by atoms with Gasteiger partial charge in [0.15, 0.2) is 0 Å². The number of carbonyl (C=O) groups is 1. The summed E-state index contributed by atoms with van der Waals surface area (Å²) in [4.78, 5) is 10.7. The first-order valence-electron chi connectivity index (χ1n) is 6.72. The average molecular weight is 311 g/mol. The molecule has 0 aromatic heterocycles. The van der Waals surface area contributed by atoms with Gasteiger partial charge in [-0.3, -0.25) is 4.79 Å². The van der Waals surface area contributed by atoms with Gasteiger partial charge in [0, 0.05) is 19.5 Å². The molecule has 1 aromatic carbocycles. The zero-order chi connectivity index (χ0) is 16.0. The van der Waals surface area contributed by atoms with Crippen LogP contribution in [0.3, 0.4) is 0 Å². The fraction of sp³-hybridized carbons (Fsp3) is 0.400. The molecular formula is C15H21NO4S. The van der Waals surface area contributed by atoms with Crippen LogP contribution in [0.1, 0.15) is 25.8 Å². The van der Waals surface area contributed by atoms with Crippen LogP contribution in [-0.4, -0.2) is 36.9 Å². The summed E-state index contributed by atoms with van der Waals surface area (Å²) in [5, 5.41) is 8.64. The summed E-state index contributed by atoms with van der Waals surface area (Å²) in [7, 11) is -3.54. The van der Waals surface area contributed by atoms with Crippen molar-refractivity contribution < 1.29 is 18.3 Å². The van der Waals surface area contributed by atoms with Gasteiger partial charge in [-0.05, 0) is 31.0 Å². The zero-order valence-electron chi connectivity index (χ0n) is 12.4. The molecule has 0 aliphatic heterocycles. The maximum Gasteiger partial charge on any atom is 0.303 e. The second-order valence-corrected chi connectivity index (χ2v) is 6.86. The minimum absolute atomic E-state index is 0.0306. The molecule has 21 heavy (non-hydrogen) atoms. The molecule has 0 radical (unpaired) electrons. The van der Waals surface area contributed by atoms with Crippen molar-refractivity contribution >= 4 is 16.0 Å². The average Bonchev–Trinajstić information content (AvgIpc) is 2.42. The Hall–Kier alpha value is -1.66. The fourth-order valence-electron chi connectivity index (χ4n) is 1.90. The van der Waals surface area contributed by atoms with E-state index in [4.69, 9.17) is 5.11 Å². The molecule has 0 heterocycles. The minimum atomic E-state index is -3.54. The molecule has 0 bridgehead atoms. The van der Waals surface area contributed by atoms with Crippen molar-refractivity contribution in [3.8, 4) is 0 Å². The molecule has 1 rings (SSSR count). The van der Waals surface area contributed by atoms with E-state index in [1.807, 2.05) is 0 Å². The summed E-state index contributed by atoms with van der Waals surface area (Å²) in [6.45, 7) is 7.97. The maximum atomic E-state index is 12.5. The van der Waals surface area contributed by atoms with Crippen molar-refractivity contribution in [1.29, 1.82) is 0 Å². The van der Waals surface area contributed by atoms with E-state index in [1.54, 1.807) is 26.0 Å². The van der Waals surface area contributed by atoms with Gasteiger partial charge in [0.1, 0.15) is 0 Å². The molecule has 0 atom stereocenters. The van der Waals surface area contributed by atoms with Gasteiger partial charge in [-0.2, -0.15) is 4.31 Å². The fourth-order valence-corrected chi connectivity index (χ4v) is 3.40. The van der Waals surface area contributed by atoms with E-state index in [0.29, 0.717) is 19.5 Å². The van der Waals surface area contributed by atoms with E-state index in [0.717, 1.165) is 11.1 Å². The monoisotopic (exact) mass is 311 g/mol. The zero-order valence-corrected chi connectivity index (χ0v) is 13.2. The normalized spacial score (nSPS) is 11.6. The first kappa shape index (κ1) is 17.4. The predicted octanol–water partition coefficient (Wildman–Crippen LogP) is 2.29. The van der Waals surface area contributed by atoms with Crippen molar-refractivity contribution in [1.82, 2.24) is 4.31 Å². The summed E-state index contributed by atoms with van der Waals surface area (Å²) < 4.78 is 26.3. The summed E-state index contributed by atoms with van der Waals surface area (Å²) in [5.74, 6) is -0.870. The largest absolute Gasteiger partial charge is 0.481 e. The lowest BCUT2D eigenvalue weighted by Gasteiger charge is -2.20. The number of benzene rings is 1. The van der Waals surface area contributed by atoms with E-state index >= 15 is 0 Å². The molecule has 1 aromatic rings. The Bertz CT molecular complexity index is 605. The number of sulfonamides is 1. The highest BCUT2D eigenvalue weighted by atomic mass is 32.2. The molecule has 0 saturated heterocycles. The Kier molecular flexibility index (Phi) is 6.11. The van der Waals surface area contributed by atoms with Crippen LogP contribution in [0.2, 0.25) is 0 Å². The molecule has 1 N–H and O–H groups in total. The number of aliphatic carboxylic acids is 1. The number of nitrogens with zero attached hydrogens (tertiary/aromatic N) is 1. The lowest BCUT2D eigenvalue weighted by atomic mass is 10.1. The van der Waals surface area contributed by atoms with Crippen molar-refractivity contribution in [2.75, 3.05) is 13.1 Å². The number of hydrogen-bond acceptors (Lipinski definition) is 3. The lowest BCUT2D eigenvalue weighted by molar-refractivity contribution is -0.136. The van der Waals surface area contributed by atoms with Gasteiger partial charge in [-0.1, -0.05) is 31.2 Å². The molecule has 5 nitrogen and oxygen atoms in total. The number of hydrogen-bond donors (Lipinski definition) is 1. The number of rotatable bonds is 8. The summed E-state index contributed by atoms with van der Waals surface area (Å²) >= 11 is 0. The van der Waals surface area contributed by atoms with Crippen molar-refractivity contribution in [3.63, 3.8) is 0 Å². The molecule has 0 aliphatic rings. The molecule has 0 fully saturated rings. The van der Waals surface area contributed by atoms with Crippen LogP contribution in [-0.2, 0) is 21.2 Å². The van der Waals surface area contributed by atoms with Crippen LogP contribution in [0.25, 0.3) is 0 Å². The van der Waals surface area contributed by atoms with Gasteiger partial charge in [0.2, 0.25) is 10.0 Å². The Labute approximate surface area is 126 Å². The number of aryl methyl sites for hydroxylation is 1. The van der Waals surface area contributed by atoms with Gasteiger partial charge < -0.3 is 5.11 Å². The van der Waals surface area contributed by atoms with E-state index in [2.05, 4.69) is 6.58 Å². The van der Waals surface area contributed by atoms with Gasteiger partial charge in [-0.25, -0.2) is 8.42 Å². The Morgan fingerprint density at radius 1 is 1.29 bits per heavy atom. The van der Waals surface area contributed by atoms with E-state index in [-0.39, 0.29) is 11.3 Å². The molecule has 116 valence electrons. The smallest absolute Gasteiger partial charge is 0.303 e. The van der Waals surface area contributed by atoms with Crippen LogP contribution in [0.15, 0.2) is 41.3 Å². The minimum Gasteiger partial charge on any atom is -0.481 e. The second-order valence-electron chi connectivity index (χ2n) is 4.93. The molecule has 6 heteroatoms. The third kappa shape index (κ3) is 4.99. The van der Waals surface area contributed by atoms with Crippen molar-refractivity contribution in [2.24, 2.45) is 0 Å². The maximum absolute atomic E-state index is 12.5. The molecule has 0 unspecified atom stereocenters. The molecule has 0 spiro atoms. The summed E-state index contributed by atoms with van der Waals surface area (Å²) in [6, 6.07) is 6.36. The second kappa shape index (κ2) is 7.38. The van der Waals surface area contributed by atoms with Crippen LogP contribution in [0.4, 0.5) is 0 Å². The SMILES string of the molecule is C=C(C)CN(CC)S(=O)(=O)c1ccc(CCC(=O)O)cc1. The number of likely N-dealkylation sites (N-methyl/N-ethyl adjacent to an activating group) is 1. The number of carboxylic acids is 1. The van der Waals surface area contributed by atoms with Gasteiger partial charge in [0.25, 0.3) is 0 Å². The Morgan fingerprint density at radius 2 is 1.86 bits per heavy atom. The van der Waals surface area contributed by atoms with Gasteiger partial charge in [0.05, 0.1) is 4.90 Å².